The maximum absolute atomic E-state index is 13.8. The zero-order valence-electron chi connectivity index (χ0n) is 17.0. The fourth-order valence-corrected chi connectivity index (χ4v) is 3.15. The quantitative estimate of drug-likeness (QED) is 0.336. The van der Waals surface area contributed by atoms with E-state index in [-0.39, 0.29) is 11.7 Å². The lowest BCUT2D eigenvalue weighted by Gasteiger charge is -2.09. The van der Waals surface area contributed by atoms with Gasteiger partial charge in [-0.15, -0.1) is 0 Å². The number of nitrogen functional groups attached to an aromatic ring is 2. The topological polar surface area (TPSA) is 103 Å². The summed E-state index contributed by atoms with van der Waals surface area (Å²) in [7, 11) is 0. The van der Waals surface area contributed by atoms with E-state index in [0.29, 0.717) is 29.2 Å². The molecule has 31 heavy (non-hydrogen) atoms. The van der Waals surface area contributed by atoms with Crippen LogP contribution in [0.4, 0.5) is 21.5 Å². The van der Waals surface area contributed by atoms with E-state index >= 15 is 0 Å². The van der Waals surface area contributed by atoms with Crippen molar-refractivity contribution in [3.8, 4) is 0 Å². The third kappa shape index (κ3) is 5.48. The Kier molecular flexibility index (Phi) is 6.67. The molecule has 7 heteroatoms. The Morgan fingerprint density at radius 1 is 1.00 bits per heavy atom. The van der Waals surface area contributed by atoms with Gasteiger partial charge < -0.3 is 21.4 Å². The van der Waals surface area contributed by atoms with Gasteiger partial charge in [-0.3, -0.25) is 9.59 Å². The average molecular weight is 418 g/mol. The molecule has 0 fully saturated rings. The lowest BCUT2D eigenvalue weighted by atomic mass is 10.2. The van der Waals surface area contributed by atoms with Gasteiger partial charge >= 0.3 is 0 Å². The number of nitrogens with zero attached hydrogens (tertiary/aromatic N) is 1. The normalized spacial score (nSPS) is 10.3. The minimum atomic E-state index is -0.276. The van der Waals surface area contributed by atoms with Crippen LogP contribution < -0.4 is 16.8 Å². The Labute approximate surface area is 179 Å². The van der Waals surface area contributed by atoms with Crippen molar-refractivity contribution in [3.05, 3.63) is 89.9 Å². The van der Waals surface area contributed by atoms with Crippen molar-refractivity contribution in [2.24, 2.45) is 0 Å². The molecule has 0 radical (unpaired) electrons. The molecule has 1 heterocycles. The van der Waals surface area contributed by atoms with Crippen molar-refractivity contribution >= 4 is 40.2 Å². The van der Waals surface area contributed by atoms with Gasteiger partial charge in [0.25, 0.3) is 0 Å². The highest BCUT2D eigenvalue weighted by Gasteiger charge is 2.10. The Hall–Kier alpha value is -4.13. The fraction of sp³-hybridized carbons (Fsp3) is 0.0833. The van der Waals surface area contributed by atoms with Gasteiger partial charge in [0, 0.05) is 40.5 Å². The summed E-state index contributed by atoms with van der Waals surface area (Å²) in [6.07, 6.45) is 0.775. The SMILES string of the molecule is CC(=O)Nc1ccc(N)cc1.Nc1ccc2c(c1)cc(C=O)n2Cc1ccccc1F. The highest BCUT2D eigenvalue weighted by atomic mass is 19.1. The van der Waals surface area contributed by atoms with Crippen LogP contribution in [-0.2, 0) is 11.3 Å². The zero-order chi connectivity index (χ0) is 22.4. The maximum Gasteiger partial charge on any atom is 0.221 e. The van der Waals surface area contributed by atoms with Crippen LogP contribution in [0.25, 0.3) is 10.9 Å². The van der Waals surface area contributed by atoms with Gasteiger partial charge in [-0.2, -0.15) is 0 Å². The molecule has 158 valence electrons. The molecule has 0 saturated heterocycles. The van der Waals surface area contributed by atoms with Crippen LogP contribution in [0.5, 0.6) is 0 Å². The van der Waals surface area contributed by atoms with Crippen molar-refractivity contribution in [2.75, 3.05) is 16.8 Å². The number of halogens is 1. The van der Waals surface area contributed by atoms with E-state index in [1.807, 2.05) is 6.07 Å². The second-order valence-electron chi connectivity index (χ2n) is 6.99. The number of nitrogens with two attached hydrogens (primary N) is 2. The molecule has 0 saturated carbocycles. The largest absolute Gasteiger partial charge is 0.399 e. The second kappa shape index (κ2) is 9.58. The Balaban J connectivity index is 0.000000210. The molecule has 0 unspecified atom stereocenters. The molecule has 5 N–H and O–H groups in total. The van der Waals surface area contributed by atoms with Gasteiger partial charge in [-0.1, -0.05) is 18.2 Å². The third-order valence-electron chi connectivity index (χ3n) is 4.60. The zero-order valence-corrected chi connectivity index (χ0v) is 17.0. The molecule has 6 nitrogen and oxygen atoms in total. The summed E-state index contributed by atoms with van der Waals surface area (Å²) in [4.78, 5) is 21.8. The van der Waals surface area contributed by atoms with E-state index in [0.717, 1.165) is 22.9 Å². The average Bonchev–Trinajstić information content (AvgIpc) is 3.08. The first-order valence-electron chi connectivity index (χ1n) is 9.58. The van der Waals surface area contributed by atoms with Crippen molar-refractivity contribution in [3.63, 3.8) is 0 Å². The summed E-state index contributed by atoms with van der Waals surface area (Å²) in [5, 5.41) is 3.52. The Morgan fingerprint density at radius 3 is 2.32 bits per heavy atom. The van der Waals surface area contributed by atoms with Gasteiger partial charge in [0.15, 0.2) is 6.29 Å². The van der Waals surface area contributed by atoms with Crippen molar-refractivity contribution in [1.82, 2.24) is 4.57 Å². The molecule has 1 amide bonds. The van der Waals surface area contributed by atoms with E-state index in [2.05, 4.69) is 5.32 Å². The molecule has 0 bridgehead atoms. The summed E-state index contributed by atoms with van der Waals surface area (Å²) >= 11 is 0. The molecule has 4 rings (SSSR count). The summed E-state index contributed by atoms with van der Waals surface area (Å²) < 4.78 is 15.6. The number of nitrogens with one attached hydrogen (secondary N) is 1. The van der Waals surface area contributed by atoms with Gasteiger partial charge in [0.2, 0.25) is 5.91 Å². The van der Waals surface area contributed by atoms with Gasteiger partial charge in [-0.25, -0.2) is 4.39 Å². The monoisotopic (exact) mass is 418 g/mol. The number of hydrogen-bond acceptors (Lipinski definition) is 4. The van der Waals surface area contributed by atoms with Gasteiger partial charge in [0.1, 0.15) is 5.82 Å². The predicted octanol–water partition coefficient (Wildman–Crippen LogP) is 4.45. The number of fused-ring (bicyclic) bond motifs is 1. The van der Waals surface area contributed by atoms with Crippen LogP contribution in [0.3, 0.4) is 0 Å². The minimum Gasteiger partial charge on any atom is -0.399 e. The Bertz CT molecular complexity index is 1220. The Morgan fingerprint density at radius 2 is 1.68 bits per heavy atom. The first kappa shape index (κ1) is 21.6. The standard InChI is InChI=1S/C16H13FN2O.C8H10N2O/c17-15-4-2-1-3-11(15)9-19-14(10-20)8-12-7-13(18)5-6-16(12)19;1-6(11)10-8-4-2-7(9)3-5-8/h1-8,10H,9,18H2;2-5H,9H2,1H3,(H,10,11). The molecule has 1 aromatic heterocycles. The van der Waals surface area contributed by atoms with Crippen LogP contribution in [0.15, 0.2) is 72.8 Å². The predicted molar refractivity (Wildman–Crippen MR) is 122 cm³/mol. The lowest BCUT2D eigenvalue weighted by molar-refractivity contribution is -0.114. The van der Waals surface area contributed by atoms with Crippen LogP contribution in [-0.4, -0.2) is 16.8 Å². The number of hydrogen-bond donors (Lipinski definition) is 3. The molecule has 0 atom stereocenters. The molecule has 0 aliphatic carbocycles. The van der Waals surface area contributed by atoms with Crippen molar-refractivity contribution in [2.45, 2.75) is 13.5 Å². The maximum atomic E-state index is 13.8. The van der Waals surface area contributed by atoms with Crippen LogP contribution >= 0.6 is 0 Å². The molecule has 0 aliphatic rings. The summed E-state index contributed by atoms with van der Waals surface area (Å²) in [6.45, 7) is 1.78. The first-order chi connectivity index (χ1) is 14.9. The van der Waals surface area contributed by atoms with Crippen LogP contribution in [0.1, 0.15) is 23.0 Å². The van der Waals surface area contributed by atoms with E-state index < -0.39 is 0 Å². The number of carbonyl (C=O) groups is 2. The third-order valence-corrected chi connectivity index (χ3v) is 4.60. The van der Waals surface area contributed by atoms with Crippen LogP contribution in [0.2, 0.25) is 0 Å². The van der Waals surface area contributed by atoms with E-state index in [4.69, 9.17) is 11.5 Å². The molecule has 0 spiro atoms. The highest BCUT2D eigenvalue weighted by Crippen LogP contribution is 2.23. The summed E-state index contributed by atoms with van der Waals surface area (Å²) in [6, 6.07) is 20.8. The molecule has 0 aliphatic heterocycles. The smallest absolute Gasteiger partial charge is 0.221 e. The highest BCUT2D eigenvalue weighted by molar-refractivity contribution is 5.91. The number of benzene rings is 3. The minimum absolute atomic E-state index is 0.0743. The number of aromatic nitrogens is 1. The number of amides is 1. The van der Waals surface area contributed by atoms with Crippen molar-refractivity contribution < 1.29 is 14.0 Å². The number of carbonyl (C=O) groups excluding carboxylic acids is 2. The molecule has 4 aromatic rings. The lowest BCUT2D eigenvalue weighted by Crippen LogP contribution is -2.05. The summed E-state index contributed by atoms with van der Waals surface area (Å²) in [5.41, 5.74) is 15.2. The van der Waals surface area contributed by atoms with Gasteiger partial charge in [-0.05, 0) is 54.6 Å². The number of anilines is 3. The van der Waals surface area contributed by atoms with Crippen molar-refractivity contribution in [1.29, 1.82) is 0 Å². The van der Waals surface area contributed by atoms with E-state index in [1.165, 1.54) is 13.0 Å². The molecular weight excluding hydrogens is 395 g/mol. The van der Waals surface area contributed by atoms with Gasteiger partial charge in [0.05, 0.1) is 12.2 Å². The van der Waals surface area contributed by atoms with Crippen LogP contribution in [0, 0.1) is 5.82 Å². The molecule has 3 aromatic carbocycles. The fourth-order valence-electron chi connectivity index (χ4n) is 3.15. The molecular formula is C24H23FN4O2. The number of rotatable bonds is 4. The summed E-state index contributed by atoms with van der Waals surface area (Å²) in [5.74, 6) is -0.351. The van der Waals surface area contributed by atoms with E-state index in [1.54, 1.807) is 65.2 Å². The number of aldehydes is 1. The van der Waals surface area contributed by atoms with E-state index in [9.17, 15) is 14.0 Å². The second-order valence-corrected chi connectivity index (χ2v) is 6.99. The first-order valence-corrected chi connectivity index (χ1v) is 9.58.